The number of hydrogen-bond acceptors (Lipinski definition) is 4. The summed E-state index contributed by atoms with van der Waals surface area (Å²) in [6.45, 7) is -0.175. The zero-order chi connectivity index (χ0) is 15.6. The van der Waals surface area contributed by atoms with E-state index in [1.54, 1.807) is 0 Å². The molecule has 0 aliphatic heterocycles. The molecule has 1 aromatic carbocycles. The minimum absolute atomic E-state index is 0.148. The molecule has 0 aliphatic carbocycles. The van der Waals surface area contributed by atoms with Crippen LogP contribution >= 0.6 is 0 Å². The summed E-state index contributed by atoms with van der Waals surface area (Å²) in [7, 11) is -0.912. The van der Waals surface area contributed by atoms with E-state index in [1.807, 2.05) is 0 Å². The van der Waals surface area contributed by atoms with E-state index >= 15 is 0 Å². The van der Waals surface area contributed by atoms with Crippen molar-refractivity contribution in [1.29, 1.82) is 0 Å². The van der Waals surface area contributed by atoms with Gasteiger partial charge in [-0.2, -0.15) is 0 Å². The van der Waals surface area contributed by atoms with Crippen LogP contribution in [0.2, 0.25) is 0 Å². The Bertz CT molecular complexity index is 740. The zero-order valence-electron chi connectivity index (χ0n) is 11.3. The zero-order valence-corrected chi connectivity index (χ0v) is 12.2. The summed E-state index contributed by atoms with van der Waals surface area (Å²) in [6.07, 6.45) is 0. The summed E-state index contributed by atoms with van der Waals surface area (Å²) < 4.78 is 61.0. The topological polar surface area (TPSA) is 59.8 Å². The molecule has 0 radical (unpaired) electrons. The molecule has 8 heteroatoms. The fourth-order valence-corrected chi connectivity index (χ4v) is 2.31. The Morgan fingerprint density at radius 2 is 1.90 bits per heavy atom. The van der Waals surface area contributed by atoms with Crippen molar-refractivity contribution in [3.8, 4) is 5.75 Å². The van der Waals surface area contributed by atoms with Crippen LogP contribution in [0.1, 0.15) is 5.76 Å². The Labute approximate surface area is 120 Å². The first-order valence-corrected chi connectivity index (χ1v) is 7.34. The molecule has 0 fully saturated rings. The van der Waals surface area contributed by atoms with Gasteiger partial charge in [-0.1, -0.05) is 0 Å². The third-order valence-corrected chi connectivity index (χ3v) is 4.33. The van der Waals surface area contributed by atoms with E-state index in [9.17, 15) is 17.2 Å². The molecule has 5 nitrogen and oxygen atoms in total. The predicted octanol–water partition coefficient (Wildman–Crippen LogP) is 2.39. The molecule has 0 unspecified atom stereocenters. The van der Waals surface area contributed by atoms with Crippen molar-refractivity contribution in [3.63, 3.8) is 0 Å². The Balaban J connectivity index is 2.10. The highest BCUT2D eigenvalue weighted by molar-refractivity contribution is 7.88. The van der Waals surface area contributed by atoms with Gasteiger partial charge < -0.3 is 9.15 Å². The number of halogens is 2. The van der Waals surface area contributed by atoms with Crippen molar-refractivity contribution in [2.24, 2.45) is 0 Å². The molecule has 21 heavy (non-hydrogen) atoms. The molecule has 1 aromatic heterocycles. The smallest absolute Gasteiger partial charge is 0.275 e. The van der Waals surface area contributed by atoms with Crippen LogP contribution < -0.4 is 4.74 Å². The maximum atomic E-state index is 13.4. The minimum atomic E-state index is -3.67. The third-order valence-electron chi connectivity index (χ3n) is 2.64. The highest BCUT2D eigenvalue weighted by atomic mass is 32.2. The van der Waals surface area contributed by atoms with Crippen LogP contribution in [-0.2, 0) is 16.6 Å². The second-order valence-electron chi connectivity index (χ2n) is 4.37. The van der Waals surface area contributed by atoms with Gasteiger partial charge in [-0.3, -0.25) is 0 Å². The normalized spacial score (nSPS) is 11.9. The first-order valence-electron chi connectivity index (χ1n) is 5.90. The fraction of sp³-hybridized carbons (Fsp3) is 0.231. The number of sulfonamides is 1. The van der Waals surface area contributed by atoms with E-state index in [0.717, 1.165) is 16.4 Å². The van der Waals surface area contributed by atoms with E-state index in [4.69, 9.17) is 9.15 Å². The lowest BCUT2D eigenvalue weighted by atomic mass is 10.3. The average molecular weight is 317 g/mol. The van der Waals surface area contributed by atoms with Crippen molar-refractivity contribution in [2.45, 2.75) is 11.7 Å². The number of nitrogens with zero attached hydrogens (tertiary/aromatic N) is 1. The second-order valence-corrected chi connectivity index (χ2v) is 6.45. The van der Waals surface area contributed by atoms with Crippen molar-refractivity contribution < 1.29 is 26.4 Å². The van der Waals surface area contributed by atoms with E-state index in [1.165, 1.54) is 26.2 Å². The Kier molecular flexibility index (Phi) is 4.29. The molecule has 0 saturated heterocycles. The van der Waals surface area contributed by atoms with Gasteiger partial charge in [0, 0.05) is 20.2 Å². The summed E-state index contributed by atoms with van der Waals surface area (Å²) in [4.78, 5) is 0. The monoisotopic (exact) mass is 317 g/mol. The summed E-state index contributed by atoms with van der Waals surface area (Å²) in [6, 6.07) is 5.60. The summed E-state index contributed by atoms with van der Waals surface area (Å²) in [5.41, 5.74) is 0. The Morgan fingerprint density at radius 1 is 1.19 bits per heavy atom. The van der Waals surface area contributed by atoms with Crippen molar-refractivity contribution >= 4 is 10.0 Å². The van der Waals surface area contributed by atoms with Gasteiger partial charge in [-0.05, 0) is 24.3 Å². The maximum absolute atomic E-state index is 13.4. The van der Waals surface area contributed by atoms with E-state index in [0.29, 0.717) is 6.07 Å². The quantitative estimate of drug-likeness (QED) is 0.849. The van der Waals surface area contributed by atoms with Gasteiger partial charge in [0.15, 0.2) is 11.6 Å². The first kappa shape index (κ1) is 15.5. The van der Waals surface area contributed by atoms with Crippen molar-refractivity contribution in [2.75, 3.05) is 14.1 Å². The molecule has 0 spiro atoms. The van der Waals surface area contributed by atoms with Crippen LogP contribution in [0.3, 0.4) is 0 Å². The standard InChI is InChI=1S/C13H13F2NO4S/c1-16(2)21(17,18)13-6-4-10(20-13)8-19-12-5-3-9(14)7-11(12)15/h3-7H,8H2,1-2H3. The van der Waals surface area contributed by atoms with Gasteiger partial charge in [0.25, 0.3) is 10.0 Å². The highest BCUT2D eigenvalue weighted by Gasteiger charge is 2.21. The summed E-state index contributed by atoms with van der Waals surface area (Å²) >= 11 is 0. The van der Waals surface area contributed by atoms with Crippen molar-refractivity contribution in [3.05, 3.63) is 47.7 Å². The van der Waals surface area contributed by atoms with Gasteiger partial charge in [-0.15, -0.1) is 0 Å². The molecule has 1 heterocycles. The van der Waals surface area contributed by atoms with Gasteiger partial charge in [0.2, 0.25) is 5.09 Å². The number of furan rings is 1. The number of hydrogen-bond donors (Lipinski definition) is 0. The average Bonchev–Trinajstić information content (AvgIpc) is 2.87. The minimum Gasteiger partial charge on any atom is -0.483 e. The first-order chi connectivity index (χ1) is 9.80. The molecule has 0 bridgehead atoms. The molecule has 0 aliphatic rings. The Morgan fingerprint density at radius 3 is 2.52 bits per heavy atom. The van der Waals surface area contributed by atoms with Crippen LogP contribution in [-0.4, -0.2) is 26.8 Å². The molecule has 0 atom stereocenters. The number of ether oxygens (including phenoxy) is 1. The van der Waals surface area contributed by atoms with E-state index in [-0.39, 0.29) is 23.2 Å². The SMILES string of the molecule is CN(C)S(=O)(=O)c1ccc(COc2ccc(F)cc2F)o1. The second kappa shape index (κ2) is 5.82. The molecule has 0 N–H and O–H groups in total. The molecule has 2 rings (SSSR count). The van der Waals surface area contributed by atoms with E-state index in [2.05, 4.69) is 0 Å². The largest absolute Gasteiger partial charge is 0.483 e. The van der Waals surface area contributed by atoms with Gasteiger partial charge >= 0.3 is 0 Å². The molecule has 114 valence electrons. The number of rotatable bonds is 5. The number of benzene rings is 1. The maximum Gasteiger partial charge on any atom is 0.275 e. The predicted molar refractivity (Wildman–Crippen MR) is 70.3 cm³/mol. The third kappa shape index (κ3) is 3.40. The lowest BCUT2D eigenvalue weighted by molar-refractivity contribution is 0.246. The lowest BCUT2D eigenvalue weighted by Gasteiger charge is -2.08. The van der Waals surface area contributed by atoms with Gasteiger partial charge in [0.05, 0.1) is 0 Å². The van der Waals surface area contributed by atoms with Crippen molar-refractivity contribution in [1.82, 2.24) is 4.31 Å². The summed E-state index contributed by atoms with van der Waals surface area (Å²) in [5.74, 6) is -1.50. The van der Waals surface area contributed by atoms with Crippen LogP contribution in [0, 0.1) is 11.6 Å². The van der Waals surface area contributed by atoms with Crippen LogP contribution in [0.4, 0.5) is 8.78 Å². The Hall–Kier alpha value is -1.93. The molecule has 0 amide bonds. The van der Waals surface area contributed by atoms with Gasteiger partial charge in [-0.25, -0.2) is 21.5 Å². The molecular formula is C13H13F2NO4S. The molecule has 0 saturated carbocycles. The van der Waals surface area contributed by atoms with Crippen LogP contribution in [0.5, 0.6) is 5.75 Å². The molecule has 2 aromatic rings. The van der Waals surface area contributed by atoms with Crippen LogP contribution in [0.15, 0.2) is 39.8 Å². The summed E-state index contributed by atoms with van der Waals surface area (Å²) in [5, 5.41) is -0.231. The van der Waals surface area contributed by atoms with Crippen LogP contribution in [0.25, 0.3) is 0 Å². The van der Waals surface area contributed by atoms with E-state index < -0.39 is 21.7 Å². The lowest BCUT2D eigenvalue weighted by Crippen LogP contribution is -2.21. The fourth-order valence-electron chi connectivity index (χ4n) is 1.50. The highest BCUT2D eigenvalue weighted by Crippen LogP contribution is 2.21. The molecular weight excluding hydrogens is 304 g/mol. The van der Waals surface area contributed by atoms with Gasteiger partial charge in [0.1, 0.15) is 18.2 Å².